The molecule has 136 valence electrons. The molecule has 2 aromatic heterocycles. The summed E-state index contributed by atoms with van der Waals surface area (Å²) in [6, 6.07) is 6.92. The number of thiazole rings is 1. The SMILES string of the molecule is O=C(COc1cc(C(F)(F)F)nn1-c1ccccc1Cl)Nc1nccs1. The molecular weight excluding hydrogens is 393 g/mol. The van der Waals surface area contributed by atoms with Crippen molar-refractivity contribution in [3.8, 4) is 11.6 Å². The molecular formula is C15H10ClF3N4O2S. The fourth-order valence-electron chi connectivity index (χ4n) is 1.98. The van der Waals surface area contributed by atoms with Gasteiger partial charge in [-0.15, -0.1) is 11.3 Å². The summed E-state index contributed by atoms with van der Waals surface area (Å²) in [6.45, 7) is -0.521. The van der Waals surface area contributed by atoms with Crippen LogP contribution in [0.1, 0.15) is 5.69 Å². The Morgan fingerprint density at radius 1 is 1.35 bits per heavy atom. The zero-order chi connectivity index (χ0) is 18.7. The number of hydrogen-bond acceptors (Lipinski definition) is 5. The smallest absolute Gasteiger partial charge is 0.435 e. The van der Waals surface area contributed by atoms with Crippen molar-refractivity contribution in [2.45, 2.75) is 6.18 Å². The zero-order valence-corrected chi connectivity index (χ0v) is 14.4. The molecule has 0 aliphatic rings. The lowest BCUT2D eigenvalue weighted by molar-refractivity contribution is -0.141. The van der Waals surface area contributed by atoms with Crippen LogP contribution < -0.4 is 10.1 Å². The molecule has 0 aliphatic heterocycles. The average Bonchev–Trinajstić information content (AvgIpc) is 3.22. The largest absolute Gasteiger partial charge is 0.467 e. The topological polar surface area (TPSA) is 69.0 Å². The second kappa shape index (κ2) is 7.34. The van der Waals surface area contributed by atoms with Gasteiger partial charge in [-0.3, -0.25) is 10.1 Å². The van der Waals surface area contributed by atoms with Crippen LogP contribution in [-0.2, 0) is 11.0 Å². The number of hydrogen-bond donors (Lipinski definition) is 1. The van der Waals surface area contributed by atoms with Gasteiger partial charge in [-0.05, 0) is 12.1 Å². The van der Waals surface area contributed by atoms with Crippen molar-refractivity contribution in [3.63, 3.8) is 0 Å². The standard InChI is InChI=1S/C15H10ClF3N4O2S/c16-9-3-1-2-4-10(9)23-13(7-11(22-23)15(17,18)19)25-8-12(24)21-14-20-5-6-26-14/h1-7H,8H2,(H,20,21,24). The van der Waals surface area contributed by atoms with Crippen LogP contribution in [0.25, 0.3) is 5.69 Å². The first-order valence-corrected chi connectivity index (χ1v) is 8.34. The molecule has 2 heterocycles. The third-order valence-corrected chi connectivity index (χ3v) is 4.09. The van der Waals surface area contributed by atoms with Gasteiger partial charge in [-0.2, -0.15) is 23.0 Å². The third kappa shape index (κ3) is 4.14. The lowest BCUT2D eigenvalue weighted by Crippen LogP contribution is -2.21. The molecule has 0 unspecified atom stereocenters. The average molecular weight is 403 g/mol. The number of benzene rings is 1. The maximum absolute atomic E-state index is 13.0. The van der Waals surface area contributed by atoms with Crippen LogP contribution in [0.5, 0.6) is 5.88 Å². The van der Waals surface area contributed by atoms with Crippen molar-refractivity contribution < 1.29 is 22.7 Å². The summed E-state index contributed by atoms with van der Waals surface area (Å²) in [5.74, 6) is -0.833. The van der Waals surface area contributed by atoms with Gasteiger partial charge in [0.1, 0.15) is 0 Å². The number of carbonyl (C=O) groups is 1. The Hall–Kier alpha value is -2.59. The van der Waals surface area contributed by atoms with Gasteiger partial charge in [0.25, 0.3) is 5.91 Å². The molecule has 1 N–H and O–H groups in total. The molecule has 0 radical (unpaired) electrons. The van der Waals surface area contributed by atoms with E-state index >= 15 is 0 Å². The lowest BCUT2D eigenvalue weighted by atomic mass is 10.3. The number of rotatable bonds is 5. The number of nitrogens with one attached hydrogen (secondary N) is 1. The summed E-state index contributed by atoms with van der Waals surface area (Å²) < 4.78 is 45.1. The first-order valence-electron chi connectivity index (χ1n) is 7.09. The van der Waals surface area contributed by atoms with Crippen LogP contribution in [0.4, 0.5) is 18.3 Å². The predicted octanol–water partition coefficient (Wildman–Crippen LogP) is 4.02. The van der Waals surface area contributed by atoms with Crippen LogP contribution >= 0.6 is 22.9 Å². The molecule has 11 heteroatoms. The quantitative estimate of drug-likeness (QED) is 0.700. The summed E-state index contributed by atoms with van der Waals surface area (Å²) in [5, 5.41) is 8.17. The van der Waals surface area contributed by atoms with Crippen molar-refractivity contribution in [1.82, 2.24) is 14.8 Å². The van der Waals surface area contributed by atoms with Gasteiger partial charge in [0.05, 0.1) is 10.7 Å². The van der Waals surface area contributed by atoms with E-state index in [0.717, 1.165) is 4.68 Å². The van der Waals surface area contributed by atoms with Crippen LogP contribution in [0.2, 0.25) is 5.02 Å². The summed E-state index contributed by atoms with van der Waals surface area (Å²) in [7, 11) is 0. The number of alkyl halides is 3. The number of carbonyl (C=O) groups excluding carboxylic acids is 1. The molecule has 0 saturated carbocycles. The highest BCUT2D eigenvalue weighted by Gasteiger charge is 2.36. The molecule has 0 saturated heterocycles. The Morgan fingerprint density at radius 2 is 2.12 bits per heavy atom. The zero-order valence-electron chi connectivity index (χ0n) is 12.8. The van der Waals surface area contributed by atoms with Gasteiger partial charge < -0.3 is 4.74 Å². The summed E-state index contributed by atoms with van der Waals surface area (Å²) >= 11 is 7.23. The highest BCUT2D eigenvalue weighted by Crippen LogP contribution is 2.33. The van der Waals surface area contributed by atoms with E-state index in [4.69, 9.17) is 16.3 Å². The van der Waals surface area contributed by atoms with E-state index in [0.29, 0.717) is 11.2 Å². The molecule has 6 nitrogen and oxygen atoms in total. The Bertz CT molecular complexity index is 912. The molecule has 3 rings (SSSR count). The third-order valence-electron chi connectivity index (χ3n) is 3.08. The minimum Gasteiger partial charge on any atom is -0.467 e. The van der Waals surface area contributed by atoms with E-state index in [1.54, 1.807) is 17.5 Å². The highest BCUT2D eigenvalue weighted by atomic mass is 35.5. The number of halogens is 4. The van der Waals surface area contributed by atoms with E-state index in [9.17, 15) is 18.0 Å². The monoisotopic (exact) mass is 402 g/mol. The number of anilines is 1. The van der Waals surface area contributed by atoms with Gasteiger partial charge >= 0.3 is 6.18 Å². The van der Waals surface area contributed by atoms with Crippen LogP contribution in [-0.4, -0.2) is 27.3 Å². The number of aromatic nitrogens is 3. The van der Waals surface area contributed by atoms with E-state index in [2.05, 4.69) is 15.4 Å². The Morgan fingerprint density at radius 3 is 2.77 bits per heavy atom. The number of ether oxygens (including phenoxy) is 1. The van der Waals surface area contributed by atoms with Crippen molar-refractivity contribution in [3.05, 3.63) is 52.6 Å². The number of para-hydroxylation sites is 1. The maximum Gasteiger partial charge on any atom is 0.435 e. The number of amides is 1. The normalized spacial score (nSPS) is 11.4. The van der Waals surface area contributed by atoms with Gasteiger partial charge in [0.2, 0.25) is 5.88 Å². The van der Waals surface area contributed by atoms with Gasteiger partial charge in [0, 0.05) is 17.6 Å². The van der Waals surface area contributed by atoms with Crippen LogP contribution in [0, 0.1) is 0 Å². The van der Waals surface area contributed by atoms with Crippen molar-refractivity contribution >= 4 is 34.0 Å². The molecule has 0 aliphatic carbocycles. The van der Waals surface area contributed by atoms with E-state index in [1.165, 1.54) is 29.7 Å². The molecule has 0 fully saturated rings. The van der Waals surface area contributed by atoms with Gasteiger partial charge in [-0.25, -0.2) is 4.98 Å². The van der Waals surface area contributed by atoms with Gasteiger partial charge in [0.15, 0.2) is 17.4 Å². The molecule has 1 aromatic carbocycles. The van der Waals surface area contributed by atoms with Crippen molar-refractivity contribution in [2.75, 3.05) is 11.9 Å². The summed E-state index contributed by atoms with van der Waals surface area (Å²) in [5.41, 5.74) is -0.965. The molecule has 3 aromatic rings. The Kier molecular flexibility index (Phi) is 5.14. The summed E-state index contributed by atoms with van der Waals surface area (Å²) in [6.07, 6.45) is -3.17. The molecule has 0 spiro atoms. The predicted molar refractivity (Wildman–Crippen MR) is 89.8 cm³/mol. The van der Waals surface area contributed by atoms with Crippen LogP contribution in [0.15, 0.2) is 41.9 Å². The minimum atomic E-state index is -4.67. The molecule has 26 heavy (non-hydrogen) atoms. The van der Waals surface area contributed by atoms with Gasteiger partial charge in [-0.1, -0.05) is 23.7 Å². The molecule has 0 atom stereocenters. The van der Waals surface area contributed by atoms with Crippen LogP contribution in [0.3, 0.4) is 0 Å². The Labute approximate surface area is 154 Å². The van der Waals surface area contributed by atoms with E-state index in [-0.39, 0.29) is 16.6 Å². The highest BCUT2D eigenvalue weighted by molar-refractivity contribution is 7.13. The fourth-order valence-corrected chi connectivity index (χ4v) is 2.74. The summed E-state index contributed by atoms with van der Waals surface area (Å²) in [4.78, 5) is 15.7. The van der Waals surface area contributed by atoms with Crippen molar-refractivity contribution in [2.24, 2.45) is 0 Å². The first-order chi connectivity index (χ1) is 12.3. The number of nitrogens with zero attached hydrogens (tertiary/aromatic N) is 3. The van der Waals surface area contributed by atoms with Crippen molar-refractivity contribution in [1.29, 1.82) is 0 Å². The second-order valence-corrected chi connectivity index (χ2v) is 6.20. The minimum absolute atomic E-state index is 0.182. The fraction of sp³-hybridized carbons (Fsp3) is 0.133. The second-order valence-electron chi connectivity index (χ2n) is 4.90. The molecule has 1 amide bonds. The Balaban J connectivity index is 1.84. The van der Waals surface area contributed by atoms with E-state index in [1.807, 2.05) is 0 Å². The molecule has 0 bridgehead atoms. The first kappa shape index (κ1) is 18.2. The lowest BCUT2D eigenvalue weighted by Gasteiger charge is -2.10. The maximum atomic E-state index is 13.0. The van der Waals surface area contributed by atoms with E-state index < -0.39 is 24.4 Å².